The van der Waals surface area contributed by atoms with E-state index in [0.29, 0.717) is 25.7 Å². The van der Waals surface area contributed by atoms with Crippen molar-refractivity contribution >= 4 is 44.3 Å². The van der Waals surface area contributed by atoms with Crippen molar-refractivity contribution in [2.45, 2.75) is 25.7 Å². The summed E-state index contributed by atoms with van der Waals surface area (Å²) in [5, 5.41) is 26.1. The molecule has 0 amide bonds. The van der Waals surface area contributed by atoms with Gasteiger partial charge in [-0.3, -0.25) is 4.98 Å². The summed E-state index contributed by atoms with van der Waals surface area (Å²) in [4.78, 5) is 36.4. The molecule has 0 saturated heterocycles. The van der Waals surface area contributed by atoms with Gasteiger partial charge in [-0.25, -0.2) is 19.6 Å². The standard InChI is InChI=1S/C57H41N3O4/c61-56(62)53-26-22-36(33-58-53)18-20-38-28-39(21-19-37-23-27-54(57(63)64)59-34-37)30-42(29-38)43-12-4-5-13-44(43)52-35-60-55(40-10-2-1-3-11-40)32-50(52)41-24-25-49-47-16-7-6-14-45(47)46-15-8-9-17-48(46)51(49)31-41/h1-17,22-35H,18-21H2,(H,61,62)(H,63,64). The van der Waals surface area contributed by atoms with E-state index in [4.69, 9.17) is 4.98 Å². The van der Waals surface area contributed by atoms with Crippen molar-refractivity contribution in [3.8, 4) is 44.6 Å². The highest BCUT2D eigenvalue weighted by atomic mass is 16.4. The highest BCUT2D eigenvalue weighted by Crippen LogP contribution is 2.43. The van der Waals surface area contributed by atoms with Gasteiger partial charge < -0.3 is 10.2 Å². The van der Waals surface area contributed by atoms with Crippen molar-refractivity contribution in [1.82, 2.24) is 15.0 Å². The Labute approximate surface area is 370 Å². The molecule has 0 aliphatic rings. The molecule has 10 rings (SSSR count). The molecule has 0 radical (unpaired) electrons. The molecule has 7 heteroatoms. The van der Waals surface area contributed by atoms with Crippen LogP contribution < -0.4 is 0 Å². The van der Waals surface area contributed by atoms with Gasteiger partial charge in [0, 0.05) is 29.7 Å². The van der Waals surface area contributed by atoms with Crippen LogP contribution in [-0.2, 0) is 25.7 Å². The zero-order chi connectivity index (χ0) is 43.6. The number of benzene rings is 7. The number of nitrogens with zero attached hydrogens (tertiary/aromatic N) is 3. The Balaban J connectivity index is 1.10. The summed E-state index contributed by atoms with van der Waals surface area (Å²) in [6.45, 7) is 0. The van der Waals surface area contributed by atoms with Crippen LogP contribution in [0.2, 0.25) is 0 Å². The topological polar surface area (TPSA) is 113 Å². The molecule has 0 atom stereocenters. The molecule has 2 N–H and O–H groups in total. The highest BCUT2D eigenvalue weighted by Gasteiger charge is 2.18. The van der Waals surface area contributed by atoms with Gasteiger partial charge in [0.05, 0.1) is 5.69 Å². The molecule has 7 nitrogen and oxygen atoms in total. The van der Waals surface area contributed by atoms with Gasteiger partial charge in [0.2, 0.25) is 0 Å². The summed E-state index contributed by atoms with van der Waals surface area (Å²) in [6, 6.07) is 58.7. The van der Waals surface area contributed by atoms with E-state index in [1.54, 1.807) is 24.5 Å². The first-order valence-electron chi connectivity index (χ1n) is 21.3. The summed E-state index contributed by atoms with van der Waals surface area (Å²) in [7, 11) is 0. The maximum Gasteiger partial charge on any atom is 0.354 e. The normalized spacial score (nSPS) is 11.3. The number of aryl methyl sites for hydroxylation is 4. The van der Waals surface area contributed by atoms with Crippen LogP contribution in [0.15, 0.2) is 188 Å². The number of aromatic carboxylic acids is 2. The summed E-state index contributed by atoms with van der Waals surface area (Å²) in [5.74, 6) is -2.10. The van der Waals surface area contributed by atoms with E-state index in [0.717, 1.165) is 66.9 Å². The van der Waals surface area contributed by atoms with E-state index in [1.165, 1.54) is 32.3 Å². The molecule has 0 bridgehead atoms. The van der Waals surface area contributed by atoms with Gasteiger partial charge in [0.1, 0.15) is 11.4 Å². The molecule has 0 saturated carbocycles. The Bertz CT molecular complexity index is 3270. The average Bonchev–Trinajstić information content (AvgIpc) is 3.35. The first-order chi connectivity index (χ1) is 31.4. The number of hydrogen-bond acceptors (Lipinski definition) is 5. The number of fused-ring (bicyclic) bond motifs is 6. The lowest BCUT2D eigenvalue weighted by Crippen LogP contribution is -2.02. The van der Waals surface area contributed by atoms with Crippen molar-refractivity contribution in [2.24, 2.45) is 0 Å². The predicted octanol–water partition coefficient (Wildman–Crippen LogP) is 13.0. The average molecular weight is 832 g/mol. The van der Waals surface area contributed by atoms with Crippen LogP contribution >= 0.6 is 0 Å². The largest absolute Gasteiger partial charge is 0.477 e. The third kappa shape index (κ3) is 7.98. The molecule has 10 aromatic rings. The molecule has 0 aliphatic heterocycles. The predicted molar refractivity (Wildman–Crippen MR) is 256 cm³/mol. The van der Waals surface area contributed by atoms with Crippen LogP contribution in [0.5, 0.6) is 0 Å². The molecular weight excluding hydrogens is 791 g/mol. The maximum atomic E-state index is 11.5. The zero-order valence-electron chi connectivity index (χ0n) is 34.8. The molecule has 3 aromatic heterocycles. The Kier molecular flexibility index (Phi) is 10.7. The molecule has 0 aliphatic carbocycles. The minimum Gasteiger partial charge on any atom is -0.477 e. The number of pyridine rings is 3. The summed E-state index contributed by atoms with van der Waals surface area (Å²) in [5.41, 5.74) is 12.5. The quantitative estimate of drug-likeness (QED) is 0.118. The highest BCUT2D eigenvalue weighted by molar-refractivity contribution is 6.25. The first-order valence-corrected chi connectivity index (χ1v) is 21.3. The molecule has 7 aromatic carbocycles. The van der Waals surface area contributed by atoms with Crippen LogP contribution in [-0.4, -0.2) is 37.1 Å². The summed E-state index contributed by atoms with van der Waals surface area (Å²) >= 11 is 0. The van der Waals surface area contributed by atoms with Crippen LogP contribution in [0.3, 0.4) is 0 Å². The Morgan fingerprint density at radius 3 is 1.39 bits per heavy atom. The lowest BCUT2D eigenvalue weighted by molar-refractivity contribution is 0.0680. The molecule has 3 heterocycles. The SMILES string of the molecule is O=C(O)c1ccc(CCc2cc(CCc3ccc(C(=O)O)nc3)cc(-c3ccccc3-c3cnc(-c4ccccc4)cc3-c3ccc4c5ccccc5c5ccccc5c4c3)c2)cn1. The van der Waals surface area contributed by atoms with Crippen LogP contribution in [0.1, 0.15) is 43.2 Å². The molecule has 64 heavy (non-hydrogen) atoms. The summed E-state index contributed by atoms with van der Waals surface area (Å²) < 4.78 is 0. The third-order valence-corrected chi connectivity index (χ3v) is 12.1. The second kappa shape index (κ2) is 17.2. The molecule has 0 fully saturated rings. The first kappa shape index (κ1) is 39.8. The number of aromatic nitrogens is 3. The van der Waals surface area contributed by atoms with Crippen molar-refractivity contribution in [3.05, 3.63) is 222 Å². The molecule has 308 valence electrons. The van der Waals surface area contributed by atoms with Gasteiger partial charge in [0.25, 0.3) is 0 Å². The van der Waals surface area contributed by atoms with E-state index in [1.807, 2.05) is 36.5 Å². The lowest BCUT2D eigenvalue weighted by atomic mass is 9.86. The van der Waals surface area contributed by atoms with Crippen molar-refractivity contribution < 1.29 is 19.8 Å². The lowest BCUT2D eigenvalue weighted by Gasteiger charge is -2.18. The third-order valence-electron chi connectivity index (χ3n) is 12.1. The number of hydrogen-bond donors (Lipinski definition) is 2. The Morgan fingerprint density at radius 1 is 0.344 bits per heavy atom. The van der Waals surface area contributed by atoms with Gasteiger partial charge in [-0.15, -0.1) is 0 Å². The number of carbonyl (C=O) groups is 2. The second-order valence-corrected chi connectivity index (χ2v) is 16.1. The van der Waals surface area contributed by atoms with Crippen LogP contribution in [0.25, 0.3) is 77.0 Å². The zero-order valence-corrected chi connectivity index (χ0v) is 34.8. The van der Waals surface area contributed by atoms with Gasteiger partial charge in [-0.05, 0) is 132 Å². The Morgan fingerprint density at radius 2 is 0.844 bits per heavy atom. The van der Waals surface area contributed by atoms with Crippen molar-refractivity contribution in [2.75, 3.05) is 0 Å². The maximum absolute atomic E-state index is 11.5. The monoisotopic (exact) mass is 831 g/mol. The number of carboxylic acid groups (broad SMARTS) is 2. The fourth-order valence-corrected chi connectivity index (χ4v) is 8.90. The van der Waals surface area contributed by atoms with Crippen LogP contribution in [0.4, 0.5) is 0 Å². The van der Waals surface area contributed by atoms with Crippen molar-refractivity contribution in [3.63, 3.8) is 0 Å². The van der Waals surface area contributed by atoms with E-state index < -0.39 is 11.9 Å². The minimum absolute atomic E-state index is 0.0201. The molecule has 0 unspecified atom stereocenters. The number of rotatable bonds is 12. The van der Waals surface area contributed by atoms with E-state index in [9.17, 15) is 19.8 Å². The smallest absolute Gasteiger partial charge is 0.354 e. The van der Waals surface area contributed by atoms with Crippen molar-refractivity contribution in [1.29, 1.82) is 0 Å². The second-order valence-electron chi connectivity index (χ2n) is 16.1. The molecule has 0 spiro atoms. The van der Waals surface area contributed by atoms with E-state index in [2.05, 4.69) is 137 Å². The van der Waals surface area contributed by atoms with Crippen LogP contribution in [0, 0.1) is 0 Å². The van der Waals surface area contributed by atoms with Gasteiger partial charge in [-0.2, -0.15) is 0 Å². The number of carboxylic acids is 2. The van der Waals surface area contributed by atoms with Gasteiger partial charge in [0.15, 0.2) is 0 Å². The fourth-order valence-electron chi connectivity index (χ4n) is 8.90. The fraction of sp³-hybridized carbons (Fsp3) is 0.0702. The minimum atomic E-state index is -1.05. The molecular formula is C57H41N3O4. The van der Waals surface area contributed by atoms with Gasteiger partial charge in [-0.1, -0.05) is 146 Å². The Hall–Kier alpha value is -8.29. The van der Waals surface area contributed by atoms with Gasteiger partial charge >= 0.3 is 11.9 Å². The van der Waals surface area contributed by atoms with E-state index >= 15 is 0 Å². The summed E-state index contributed by atoms with van der Waals surface area (Å²) in [6.07, 6.45) is 8.09. The van der Waals surface area contributed by atoms with E-state index in [-0.39, 0.29) is 11.4 Å².